The lowest BCUT2D eigenvalue weighted by Gasteiger charge is -2.15. The Bertz CT molecular complexity index is 619. The minimum Gasteiger partial charge on any atom is -0.0824 e. The first-order valence-electron chi connectivity index (χ1n) is 8.75. The fourth-order valence-electron chi connectivity index (χ4n) is 1.72. The van der Waals surface area contributed by atoms with Crippen molar-refractivity contribution < 1.29 is 0 Å². The summed E-state index contributed by atoms with van der Waals surface area (Å²) in [6.45, 7) is 20.4. The second-order valence-corrected chi connectivity index (χ2v) is 9.38. The third kappa shape index (κ3) is 7.94. The summed E-state index contributed by atoms with van der Waals surface area (Å²) >= 11 is 0. The summed E-state index contributed by atoms with van der Waals surface area (Å²) in [5.41, 5.74) is -2.02. The van der Waals surface area contributed by atoms with E-state index in [1.165, 1.54) is 0 Å². The van der Waals surface area contributed by atoms with E-state index in [1.54, 1.807) is 0 Å². The lowest BCUT2D eigenvalue weighted by Crippen LogP contribution is -2.12. The van der Waals surface area contributed by atoms with E-state index in [-0.39, 0.29) is 0 Å². The molecule has 0 amide bonds. The van der Waals surface area contributed by atoms with Gasteiger partial charge in [0.05, 0.1) is 27.1 Å². The molecule has 0 bridgehead atoms. The van der Waals surface area contributed by atoms with E-state index in [1.807, 2.05) is 69.2 Å². The van der Waals surface area contributed by atoms with E-state index in [9.17, 15) is 0 Å². The molecule has 0 N–H and O–H groups in total. The molecule has 0 aliphatic heterocycles. The molecule has 0 atom stereocenters. The molecule has 0 saturated carbocycles. The quantitative estimate of drug-likeness (QED) is 0.539. The van der Waals surface area contributed by atoms with Gasteiger partial charge in [0.2, 0.25) is 0 Å². The van der Waals surface area contributed by atoms with Gasteiger partial charge in [0, 0.05) is 0 Å². The van der Waals surface area contributed by atoms with E-state index >= 15 is 0 Å². The molecule has 25 heavy (non-hydrogen) atoms. The van der Waals surface area contributed by atoms with Crippen molar-refractivity contribution in [2.45, 2.75) is 69.2 Å². The van der Waals surface area contributed by atoms with E-state index in [0.717, 1.165) is 0 Å². The molecule has 0 nitrogen and oxygen atoms in total. The van der Waals surface area contributed by atoms with Gasteiger partial charge in [-0.05, 0) is 69.2 Å². The Kier molecular flexibility index (Phi) is 5.50. The molecule has 0 aromatic heterocycles. The summed E-state index contributed by atoms with van der Waals surface area (Å²) in [6.07, 6.45) is 0. The molecular formula is C25H30. The van der Waals surface area contributed by atoms with E-state index in [2.05, 4.69) is 59.2 Å². The summed E-state index contributed by atoms with van der Waals surface area (Å²) in [4.78, 5) is 0. The van der Waals surface area contributed by atoms with Crippen molar-refractivity contribution in [1.29, 1.82) is 0 Å². The number of hydrogen-bond donors (Lipinski definition) is 0. The second-order valence-electron chi connectivity index (χ2n) is 9.38. The van der Waals surface area contributed by atoms with Crippen LogP contribution in [0.4, 0.5) is 0 Å². The molecule has 1 rings (SSSR count). The molecule has 130 valence electrons. The van der Waals surface area contributed by atoms with Crippen LogP contribution in [0.3, 0.4) is 0 Å². The largest absolute Gasteiger partial charge is 0.0863 e. The molecule has 1 aliphatic rings. The Morgan fingerprint density at radius 1 is 0.240 bits per heavy atom. The smallest absolute Gasteiger partial charge is 0.0824 e. The maximum Gasteiger partial charge on any atom is 0.0863 e. The zero-order valence-electron chi connectivity index (χ0n) is 17.5. The van der Waals surface area contributed by atoms with E-state index < -0.39 is 27.1 Å². The molecule has 0 aromatic carbocycles. The van der Waals surface area contributed by atoms with Gasteiger partial charge in [-0.2, -0.15) is 0 Å². The predicted octanol–water partition coefficient (Wildman–Crippen LogP) is 5.15. The van der Waals surface area contributed by atoms with Gasteiger partial charge in [0.25, 0.3) is 0 Å². The molecule has 0 saturated heterocycles. The zero-order chi connectivity index (χ0) is 19.6. The minimum absolute atomic E-state index is 0.403. The Labute approximate surface area is 155 Å². The molecule has 0 spiro atoms. The molecule has 0 unspecified atom stereocenters. The highest BCUT2D eigenvalue weighted by Crippen LogP contribution is 2.22. The first-order chi connectivity index (χ1) is 11.0. The van der Waals surface area contributed by atoms with Crippen LogP contribution < -0.4 is 0 Å². The van der Waals surface area contributed by atoms with Crippen LogP contribution in [0.2, 0.25) is 0 Å². The molecule has 0 fully saturated rings. The lowest BCUT2D eigenvalue weighted by atomic mass is 9.86. The first kappa shape index (κ1) is 20.8. The highest BCUT2D eigenvalue weighted by atomic mass is 14.2. The van der Waals surface area contributed by atoms with Gasteiger partial charge in [-0.3, -0.25) is 0 Å². The Balaban J connectivity index is 3.61. The Morgan fingerprint density at radius 2 is 0.320 bits per heavy atom. The van der Waals surface area contributed by atoms with Crippen molar-refractivity contribution >= 4 is 0 Å². The fraction of sp³-hybridized carbons (Fsp3) is 0.600. The van der Waals surface area contributed by atoms with Gasteiger partial charge >= 0.3 is 0 Å². The monoisotopic (exact) mass is 330 g/mol. The standard InChI is InChI=1S/C25H30/c1-21(2)11-13-22(3,4)15-17-24(7,8)19-20-25(9,10)18-16-23(5,6)14-12-21/h1-10H3. The molecule has 0 radical (unpaired) electrons. The average Bonchev–Trinajstić information content (AvgIpc) is 2.46. The van der Waals surface area contributed by atoms with Gasteiger partial charge < -0.3 is 0 Å². The summed E-state index contributed by atoms with van der Waals surface area (Å²) in [7, 11) is 0. The first-order valence-corrected chi connectivity index (χ1v) is 8.75. The maximum atomic E-state index is 3.29. The average molecular weight is 331 g/mol. The van der Waals surface area contributed by atoms with Crippen LogP contribution >= 0.6 is 0 Å². The van der Waals surface area contributed by atoms with Crippen LogP contribution in [0, 0.1) is 86.3 Å². The van der Waals surface area contributed by atoms with Crippen molar-refractivity contribution in [2.24, 2.45) is 27.1 Å². The number of hydrogen-bond acceptors (Lipinski definition) is 0. The molecule has 0 heterocycles. The van der Waals surface area contributed by atoms with Crippen LogP contribution in [0.1, 0.15) is 69.2 Å². The zero-order valence-corrected chi connectivity index (χ0v) is 17.5. The van der Waals surface area contributed by atoms with Gasteiger partial charge in [-0.1, -0.05) is 59.2 Å². The van der Waals surface area contributed by atoms with Crippen molar-refractivity contribution in [2.75, 3.05) is 0 Å². The molecular weight excluding hydrogens is 300 g/mol. The number of rotatable bonds is 0. The normalized spacial score (nSPS) is 23.6. The lowest BCUT2D eigenvalue weighted by molar-refractivity contribution is 0.637. The predicted molar refractivity (Wildman–Crippen MR) is 108 cm³/mol. The van der Waals surface area contributed by atoms with Crippen LogP contribution in [0.15, 0.2) is 0 Å². The van der Waals surface area contributed by atoms with Crippen LogP contribution in [0.25, 0.3) is 0 Å². The van der Waals surface area contributed by atoms with Crippen LogP contribution in [0.5, 0.6) is 0 Å². The van der Waals surface area contributed by atoms with Gasteiger partial charge in [-0.15, -0.1) is 0 Å². The highest BCUT2D eigenvalue weighted by Gasteiger charge is 2.20. The van der Waals surface area contributed by atoms with Crippen molar-refractivity contribution in [3.05, 3.63) is 0 Å². The topological polar surface area (TPSA) is 0 Å². The highest BCUT2D eigenvalue weighted by molar-refractivity contribution is 5.38. The molecule has 1 aliphatic carbocycles. The second kappa shape index (κ2) is 6.60. The van der Waals surface area contributed by atoms with E-state index in [0.29, 0.717) is 0 Å². The van der Waals surface area contributed by atoms with Crippen LogP contribution in [-0.4, -0.2) is 0 Å². The van der Waals surface area contributed by atoms with Gasteiger partial charge in [0.1, 0.15) is 0 Å². The summed E-state index contributed by atoms with van der Waals surface area (Å²) in [6, 6.07) is 0. The third-order valence-corrected chi connectivity index (χ3v) is 3.44. The fourth-order valence-corrected chi connectivity index (χ4v) is 1.72. The minimum atomic E-state index is -0.403. The van der Waals surface area contributed by atoms with Gasteiger partial charge in [0.15, 0.2) is 0 Å². The van der Waals surface area contributed by atoms with Crippen molar-refractivity contribution in [3.63, 3.8) is 0 Å². The van der Waals surface area contributed by atoms with Gasteiger partial charge in [-0.25, -0.2) is 0 Å². The SMILES string of the molecule is CC1(C)C#CC(C)(C)C#CC(C)(C)C#CC(C)(C)C#CC(C)(C)C#C1. The summed E-state index contributed by atoms with van der Waals surface area (Å²) < 4.78 is 0. The van der Waals surface area contributed by atoms with Crippen molar-refractivity contribution in [3.8, 4) is 59.2 Å². The third-order valence-electron chi connectivity index (χ3n) is 3.44. The summed E-state index contributed by atoms with van der Waals surface area (Å²) in [5, 5.41) is 0. The van der Waals surface area contributed by atoms with Crippen LogP contribution in [-0.2, 0) is 0 Å². The maximum absolute atomic E-state index is 3.29. The molecule has 0 aromatic rings. The van der Waals surface area contributed by atoms with E-state index in [4.69, 9.17) is 0 Å². The van der Waals surface area contributed by atoms with Crippen molar-refractivity contribution in [1.82, 2.24) is 0 Å². The Hall–Kier alpha value is -2.20. The molecule has 0 heteroatoms. The summed E-state index contributed by atoms with van der Waals surface area (Å²) in [5.74, 6) is 32.9. The Morgan fingerprint density at radius 3 is 0.400 bits per heavy atom.